The molecule has 0 bridgehead atoms. The number of aliphatic hydroxyl groups excluding tert-OH is 1. The van der Waals surface area contributed by atoms with E-state index in [0.29, 0.717) is 26.4 Å². The topological polar surface area (TPSA) is 63.6 Å². The van der Waals surface area contributed by atoms with Crippen molar-refractivity contribution in [3.8, 4) is 0 Å². The van der Waals surface area contributed by atoms with Crippen LogP contribution < -0.4 is 5.32 Å². The van der Waals surface area contributed by atoms with Crippen molar-refractivity contribution in [3.05, 3.63) is 30.1 Å². The molecule has 0 saturated carbocycles. The van der Waals surface area contributed by atoms with Gasteiger partial charge in [0.25, 0.3) is 0 Å². The molecule has 1 aromatic heterocycles. The van der Waals surface area contributed by atoms with Gasteiger partial charge in [-0.15, -0.1) is 0 Å². The summed E-state index contributed by atoms with van der Waals surface area (Å²) in [6.07, 6.45) is 5.29. The fourth-order valence-electron chi connectivity index (χ4n) is 1.81. The van der Waals surface area contributed by atoms with Crippen molar-refractivity contribution < 1.29 is 14.6 Å². The van der Waals surface area contributed by atoms with Gasteiger partial charge in [0.1, 0.15) is 0 Å². The van der Waals surface area contributed by atoms with E-state index in [-0.39, 0.29) is 6.04 Å². The minimum Gasteiger partial charge on any atom is -0.389 e. The molecule has 0 aromatic carbocycles. The summed E-state index contributed by atoms with van der Waals surface area (Å²) in [7, 11) is 0. The Morgan fingerprint density at radius 2 is 2.10 bits per heavy atom. The Bertz CT molecular complexity index is 349. The van der Waals surface area contributed by atoms with E-state index in [4.69, 9.17) is 9.47 Å². The van der Waals surface area contributed by atoms with Crippen LogP contribution in [0.3, 0.4) is 0 Å². The third-order valence-corrected chi connectivity index (χ3v) is 3.17. The number of unbranched alkanes of at least 4 members (excludes halogenated alkanes) is 1. The lowest BCUT2D eigenvalue weighted by atomic mass is 10.1. The van der Waals surface area contributed by atoms with Crippen LogP contribution in [0.1, 0.15) is 38.3 Å². The molecule has 5 nitrogen and oxygen atoms in total. The first-order chi connectivity index (χ1) is 10.2. The summed E-state index contributed by atoms with van der Waals surface area (Å²) >= 11 is 0. The third-order valence-electron chi connectivity index (χ3n) is 3.17. The maximum Gasteiger partial charge on any atom is 0.0897 e. The van der Waals surface area contributed by atoms with Crippen molar-refractivity contribution in [2.45, 2.75) is 38.8 Å². The van der Waals surface area contributed by atoms with Crippen LogP contribution in [-0.2, 0) is 9.47 Å². The van der Waals surface area contributed by atoms with Crippen LogP contribution in [0.4, 0.5) is 0 Å². The second-order valence-corrected chi connectivity index (χ2v) is 5.11. The lowest BCUT2D eigenvalue weighted by molar-refractivity contribution is 0.00331. The molecule has 0 radical (unpaired) electrons. The molecule has 2 unspecified atom stereocenters. The summed E-state index contributed by atoms with van der Waals surface area (Å²) in [5.41, 5.74) is 1.11. The first-order valence-electron chi connectivity index (χ1n) is 7.71. The molecule has 5 heteroatoms. The van der Waals surface area contributed by atoms with E-state index in [9.17, 15) is 5.11 Å². The second-order valence-electron chi connectivity index (χ2n) is 5.11. The minimum atomic E-state index is -0.514. The molecule has 1 aromatic rings. The molecule has 0 amide bonds. The maximum atomic E-state index is 9.84. The molecule has 0 aliphatic rings. The molecule has 0 aliphatic carbocycles. The highest BCUT2D eigenvalue weighted by Crippen LogP contribution is 2.09. The Hall–Kier alpha value is -1.01. The number of aromatic nitrogens is 1. The van der Waals surface area contributed by atoms with Gasteiger partial charge in [-0.05, 0) is 25.0 Å². The average Bonchev–Trinajstić information content (AvgIpc) is 2.52. The molecule has 0 spiro atoms. The Balaban J connectivity index is 2.02. The highest BCUT2D eigenvalue weighted by Gasteiger charge is 2.08. The van der Waals surface area contributed by atoms with Crippen LogP contribution in [0, 0.1) is 0 Å². The summed E-state index contributed by atoms with van der Waals surface area (Å²) in [6, 6.07) is 4.08. The lowest BCUT2D eigenvalue weighted by Crippen LogP contribution is -2.32. The van der Waals surface area contributed by atoms with Crippen molar-refractivity contribution in [3.63, 3.8) is 0 Å². The normalized spacial score (nSPS) is 14.0. The summed E-state index contributed by atoms with van der Waals surface area (Å²) < 4.78 is 10.8. The highest BCUT2D eigenvalue weighted by molar-refractivity contribution is 5.12. The van der Waals surface area contributed by atoms with E-state index in [2.05, 4.69) is 17.2 Å². The Morgan fingerprint density at radius 1 is 1.29 bits per heavy atom. The predicted octanol–water partition coefficient (Wildman–Crippen LogP) is 1.93. The second kappa shape index (κ2) is 11.6. The van der Waals surface area contributed by atoms with E-state index in [0.717, 1.165) is 25.0 Å². The standard InChI is InChI=1S/C16H28N2O3/c1-3-4-8-20-9-10-21-13-16(19)12-18-14(2)15-6-5-7-17-11-15/h5-7,11,14,16,18-19H,3-4,8-10,12-13H2,1-2H3. The van der Waals surface area contributed by atoms with Crippen LogP contribution in [0.2, 0.25) is 0 Å². The average molecular weight is 296 g/mol. The van der Waals surface area contributed by atoms with Crippen LogP contribution in [-0.4, -0.2) is 49.2 Å². The molecular weight excluding hydrogens is 268 g/mol. The van der Waals surface area contributed by atoms with Gasteiger partial charge < -0.3 is 19.9 Å². The number of aliphatic hydroxyl groups is 1. The molecule has 21 heavy (non-hydrogen) atoms. The summed E-state index contributed by atoms with van der Waals surface area (Å²) in [5.74, 6) is 0. The van der Waals surface area contributed by atoms with E-state index >= 15 is 0 Å². The maximum absolute atomic E-state index is 9.84. The number of hydrogen-bond acceptors (Lipinski definition) is 5. The summed E-state index contributed by atoms with van der Waals surface area (Å²) in [5, 5.41) is 13.1. The molecule has 2 N–H and O–H groups in total. The van der Waals surface area contributed by atoms with Gasteiger partial charge in [-0.1, -0.05) is 19.4 Å². The molecule has 0 fully saturated rings. The number of nitrogens with one attached hydrogen (secondary N) is 1. The van der Waals surface area contributed by atoms with Crippen molar-refractivity contribution >= 4 is 0 Å². The van der Waals surface area contributed by atoms with Crippen molar-refractivity contribution in [2.75, 3.05) is 33.0 Å². The molecule has 0 saturated heterocycles. The van der Waals surface area contributed by atoms with Gasteiger partial charge in [0.2, 0.25) is 0 Å². The number of hydrogen-bond donors (Lipinski definition) is 2. The zero-order valence-corrected chi connectivity index (χ0v) is 13.1. The summed E-state index contributed by atoms with van der Waals surface area (Å²) in [4.78, 5) is 4.08. The van der Waals surface area contributed by atoms with Crippen molar-refractivity contribution in [1.82, 2.24) is 10.3 Å². The van der Waals surface area contributed by atoms with Gasteiger partial charge in [0.05, 0.1) is 25.9 Å². The molecule has 1 rings (SSSR count). The van der Waals surface area contributed by atoms with E-state index in [1.165, 1.54) is 0 Å². The molecule has 0 aliphatic heterocycles. The number of ether oxygens (including phenoxy) is 2. The Morgan fingerprint density at radius 3 is 2.81 bits per heavy atom. The largest absolute Gasteiger partial charge is 0.389 e. The SMILES string of the molecule is CCCCOCCOCC(O)CNC(C)c1cccnc1. The number of pyridine rings is 1. The molecular formula is C16H28N2O3. The monoisotopic (exact) mass is 296 g/mol. The van der Waals surface area contributed by atoms with Gasteiger partial charge in [-0.3, -0.25) is 4.98 Å². The van der Waals surface area contributed by atoms with E-state index in [1.54, 1.807) is 6.20 Å². The first kappa shape index (κ1) is 18.0. The third kappa shape index (κ3) is 8.78. The van der Waals surface area contributed by atoms with Gasteiger partial charge in [0, 0.05) is 31.6 Å². The lowest BCUT2D eigenvalue weighted by Gasteiger charge is -2.17. The summed E-state index contributed by atoms with van der Waals surface area (Å²) in [6.45, 7) is 6.90. The predicted molar refractivity (Wildman–Crippen MR) is 83.2 cm³/mol. The smallest absolute Gasteiger partial charge is 0.0897 e. The zero-order valence-electron chi connectivity index (χ0n) is 13.1. The highest BCUT2D eigenvalue weighted by atomic mass is 16.5. The van der Waals surface area contributed by atoms with Gasteiger partial charge >= 0.3 is 0 Å². The van der Waals surface area contributed by atoms with Crippen molar-refractivity contribution in [2.24, 2.45) is 0 Å². The van der Waals surface area contributed by atoms with Gasteiger partial charge in [-0.2, -0.15) is 0 Å². The minimum absolute atomic E-state index is 0.158. The fourth-order valence-corrected chi connectivity index (χ4v) is 1.81. The van der Waals surface area contributed by atoms with Crippen molar-refractivity contribution in [1.29, 1.82) is 0 Å². The van der Waals surface area contributed by atoms with Crippen LogP contribution in [0.5, 0.6) is 0 Å². The Kier molecular flexibility index (Phi) is 9.99. The fraction of sp³-hybridized carbons (Fsp3) is 0.688. The zero-order chi connectivity index (χ0) is 15.3. The van der Waals surface area contributed by atoms with Crippen LogP contribution >= 0.6 is 0 Å². The van der Waals surface area contributed by atoms with Gasteiger partial charge in [-0.25, -0.2) is 0 Å². The van der Waals surface area contributed by atoms with E-state index < -0.39 is 6.10 Å². The first-order valence-corrected chi connectivity index (χ1v) is 7.71. The molecule has 2 atom stereocenters. The van der Waals surface area contributed by atoms with Crippen LogP contribution in [0.15, 0.2) is 24.5 Å². The Labute approximate surface area is 127 Å². The van der Waals surface area contributed by atoms with E-state index in [1.807, 2.05) is 25.3 Å². The van der Waals surface area contributed by atoms with Crippen LogP contribution in [0.25, 0.3) is 0 Å². The molecule has 1 heterocycles. The quantitative estimate of drug-likeness (QED) is 0.577. The van der Waals surface area contributed by atoms with Gasteiger partial charge in [0.15, 0.2) is 0 Å². The number of rotatable bonds is 12. The number of nitrogens with zero attached hydrogens (tertiary/aromatic N) is 1. The molecule has 120 valence electrons.